The molecule has 1 radical (unpaired) electrons. The van der Waals surface area contributed by atoms with Crippen molar-refractivity contribution in [2.75, 3.05) is 0 Å². The molecule has 2 aromatic carbocycles. The van der Waals surface area contributed by atoms with Gasteiger partial charge < -0.3 is 0 Å². The Morgan fingerprint density at radius 3 is 1.90 bits per heavy atom. The molecule has 105 valence electrons. The summed E-state index contributed by atoms with van der Waals surface area (Å²) in [4.78, 5) is -1.21. The third-order valence-electron chi connectivity index (χ3n) is 3.07. The standard InChI is InChI=1S/C14H15P2S4/c1-11-3-7-13(8-4-11)15-18-16(19-15,20-17)14-9-5-12(2)6-10-14/h3-10,17H,1-2H3. The van der Waals surface area contributed by atoms with Crippen LogP contribution in [0.2, 0.25) is 0 Å². The maximum atomic E-state index is 4.57. The van der Waals surface area contributed by atoms with Crippen molar-refractivity contribution in [2.45, 2.75) is 13.8 Å². The minimum atomic E-state index is -1.21. The molecule has 0 aromatic heterocycles. The van der Waals surface area contributed by atoms with Gasteiger partial charge in [-0.15, -0.1) is 11.7 Å². The first-order valence-electron chi connectivity index (χ1n) is 6.19. The monoisotopic (exact) mass is 373 g/mol. The van der Waals surface area contributed by atoms with E-state index >= 15 is 0 Å². The van der Waals surface area contributed by atoms with Gasteiger partial charge in [0.15, 0.2) is 0 Å². The molecule has 0 aliphatic carbocycles. The van der Waals surface area contributed by atoms with E-state index in [1.165, 1.54) is 21.7 Å². The predicted octanol–water partition coefficient (Wildman–Crippen LogP) is 6.39. The van der Waals surface area contributed by atoms with Crippen molar-refractivity contribution in [2.24, 2.45) is 0 Å². The summed E-state index contributed by atoms with van der Waals surface area (Å²) in [6, 6.07) is 18.0. The first kappa shape index (κ1) is 15.6. The van der Waals surface area contributed by atoms with E-state index in [4.69, 9.17) is 0 Å². The molecule has 0 bridgehead atoms. The molecule has 0 spiro atoms. The summed E-state index contributed by atoms with van der Waals surface area (Å²) in [5, 5.41) is 2.97. The van der Waals surface area contributed by atoms with Crippen molar-refractivity contribution in [1.82, 2.24) is 0 Å². The number of benzene rings is 2. The molecule has 2 aromatic rings. The molecule has 0 unspecified atom stereocenters. The van der Waals surface area contributed by atoms with Crippen LogP contribution in [0.5, 0.6) is 0 Å². The second-order valence-corrected chi connectivity index (χ2v) is 23.5. The number of hydrogen-bond acceptors (Lipinski definition) is 4. The first-order valence-corrected chi connectivity index (χ1v) is 15.8. The van der Waals surface area contributed by atoms with Crippen LogP contribution >= 0.6 is 55.3 Å². The Bertz CT molecular complexity index is 592. The highest BCUT2D eigenvalue weighted by molar-refractivity contribution is 9.55. The fourth-order valence-electron chi connectivity index (χ4n) is 1.86. The van der Waals surface area contributed by atoms with Crippen LogP contribution in [0.25, 0.3) is 0 Å². The molecule has 20 heavy (non-hydrogen) atoms. The van der Waals surface area contributed by atoms with Gasteiger partial charge in [0.25, 0.3) is 0 Å². The van der Waals surface area contributed by atoms with Gasteiger partial charge in [-0.2, -0.15) is 0 Å². The van der Waals surface area contributed by atoms with Crippen molar-refractivity contribution in [1.29, 1.82) is 0 Å². The summed E-state index contributed by atoms with van der Waals surface area (Å²) in [5.74, 6) is 0. The lowest BCUT2D eigenvalue weighted by atomic mass is 10.2. The lowest BCUT2D eigenvalue weighted by molar-refractivity contribution is 1.49. The summed E-state index contributed by atoms with van der Waals surface area (Å²) in [7, 11) is 1.77. The molecular weight excluding hydrogens is 358 g/mol. The molecule has 1 heterocycles. The summed E-state index contributed by atoms with van der Waals surface area (Å²) >= 11 is 8.90. The lowest BCUT2D eigenvalue weighted by Gasteiger charge is -2.45. The molecule has 0 amide bonds. The average Bonchev–Trinajstić information content (AvgIpc) is 2.42. The largest absolute Gasteiger partial charge is 0.105 e. The van der Waals surface area contributed by atoms with Crippen LogP contribution < -0.4 is 10.6 Å². The molecule has 3 rings (SSSR count). The molecule has 1 aliphatic rings. The zero-order chi connectivity index (χ0) is 14.2. The van der Waals surface area contributed by atoms with Crippen molar-refractivity contribution in [3.05, 3.63) is 59.7 Å². The molecule has 0 atom stereocenters. The van der Waals surface area contributed by atoms with Crippen molar-refractivity contribution in [3.8, 4) is 0 Å². The Morgan fingerprint density at radius 2 is 1.40 bits per heavy atom. The SMILES string of the molecule is Cc1ccc(P2S[P](SS)(c3ccc(C)cc3)S2)cc1. The molecule has 1 aliphatic heterocycles. The van der Waals surface area contributed by atoms with E-state index in [1.807, 2.05) is 0 Å². The van der Waals surface area contributed by atoms with Crippen molar-refractivity contribution >= 4 is 65.9 Å². The normalized spacial score (nSPS) is 25.2. The summed E-state index contributed by atoms with van der Waals surface area (Å²) in [6.07, 6.45) is -0.117. The quantitative estimate of drug-likeness (QED) is 0.376. The Kier molecular flexibility index (Phi) is 5.02. The van der Waals surface area contributed by atoms with E-state index in [0.29, 0.717) is 0 Å². The van der Waals surface area contributed by atoms with E-state index in [0.717, 1.165) is 0 Å². The van der Waals surface area contributed by atoms with Gasteiger partial charge in [-0.25, -0.2) is 0 Å². The van der Waals surface area contributed by atoms with Crippen molar-refractivity contribution in [3.63, 3.8) is 0 Å². The van der Waals surface area contributed by atoms with Crippen LogP contribution in [0.1, 0.15) is 11.1 Å². The highest BCUT2D eigenvalue weighted by Crippen LogP contribution is 3.10. The van der Waals surface area contributed by atoms with Crippen LogP contribution in [0.4, 0.5) is 0 Å². The number of rotatable bonds is 3. The lowest BCUT2D eigenvalue weighted by Crippen LogP contribution is -2.09. The zero-order valence-corrected chi connectivity index (χ0v) is 16.3. The minimum Gasteiger partial charge on any atom is -0.105 e. The zero-order valence-electron chi connectivity index (χ0n) is 11.2. The second-order valence-electron chi connectivity index (χ2n) is 4.67. The highest BCUT2D eigenvalue weighted by atomic mass is 33.8. The highest BCUT2D eigenvalue weighted by Gasteiger charge is 2.47. The van der Waals surface area contributed by atoms with Crippen LogP contribution in [-0.2, 0) is 0 Å². The fraction of sp³-hybridized carbons (Fsp3) is 0.143. The maximum Gasteiger partial charge on any atom is 0.0761 e. The third kappa shape index (κ3) is 3.07. The average molecular weight is 373 g/mol. The molecule has 1 fully saturated rings. The van der Waals surface area contributed by atoms with Gasteiger partial charge in [-0.3, -0.25) is 0 Å². The van der Waals surface area contributed by atoms with Crippen LogP contribution in [0, 0.1) is 13.8 Å². The van der Waals surface area contributed by atoms with Gasteiger partial charge in [-0.1, -0.05) is 81.7 Å². The molecule has 0 nitrogen and oxygen atoms in total. The molecular formula is C14H15P2S4. The summed E-state index contributed by atoms with van der Waals surface area (Å²) < 4.78 is 0. The predicted molar refractivity (Wildman–Crippen MR) is 107 cm³/mol. The minimum absolute atomic E-state index is 0.117. The number of thiol groups is 1. The molecule has 0 saturated carbocycles. The van der Waals surface area contributed by atoms with E-state index in [-0.39, 0.29) is 6.33 Å². The number of hydrogen-bond donors (Lipinski definition) is 1. The fourth-order valence-corrected chi connectivity index (χ4v) is 36.3. The van der Waals surface area contributed by atoms with Gasteiger partial charge in [0.1, 0.15) is 0 Å². The van der Waals surface area contributed by atoms with Gasteiger partial charge in [0.2, 0.25) is 0 Å². The summed E-state index contributed by atoms with van der Waals surface area (Å²) in [5.41, 5.74) is 2.66. The second kappa shape index (κ2) is 6.44. The van der Waals surface area contributed by atoms with Gasteiger partial charge in [0, 0.05) is 5.30 Å². The van der Waals surface area contributed by atoms with E-state index in [1.54, 1.807) is 10.4 Å². The van der Waals surface area contributed by atoms with E-state index in [2.05, 4.69) is 96.0 Å². The number of aryl methyl sites for hydroxylation is 2. The van der Waals surface area contributed by atoms with Gasteiger partial charge in [-0.05, 0) is 29.6 Å². The van der Waals surface area contributed by atoms with Gasteiger partial charge in [0.05, 0.1) is 11.2 Å². The smallest absolute Gasteiger partial charge is 0.0761 e. The Hall–Kier alpha value is 0.700. The van der Waals surface area contributed by atoms with Crippen LogP contribution in [0.3, 0.4) is 0 Å². The molecule has 6 heteroatoms. The summed E-state index contributed by atoms with van der Waals surface area (Å²) in [6.45, 7) is 4.29. The van der Waals surface area contributed by atoms with E-state index < -0.39 is 4.87 Å². The third-order valence-corrected chi connectivity index (χ3v) is 34.5. The van der Waals surface area contributed by atoms with E-state index in [9.17, 15) is 0 Å². The van der Waals surface area contributed by atoms with Crippen LogP contribution in [-0.4, -0.2) is 0 Å². The Labute approximate surface area is 138 Å². The topological polar surface area (TPSA) is 0 Å². The van der Waals surface area contributed by atoms with Gasteiger partial charge >= 0.3 is 0 Å². The van der Waals surface area contributed by atoms with Crippen molar-refractivity contribution < 1.29 is 0 Å². The Morgan fingerprint density at radius 1 is 0.900 bits per heavy atom. The maximum absolute atomic E-state index is 4.57. The first-order chi connectivity index (χ1) is 9.63. The van der Waals surface area contributed by atoms with Crippen LogP contribution in [0.15, 0.2) is 48.5 Å². The molecule has 1 saturated heterocycles. The molecule has 0 N–H and O–H groups in total. The Balaban J connectivity index is 1.78.